The van der Waals surface area contributed by atoms with Crippen LogP contribution in [0.25, 0.3) is 10.9 Å². The molecule has 0 spiro atoms. The fraction of sp³-hybridized carbons (Fsp3) is 0.0625. The number of aromatic nitrogens is 1. The number of ether oxygens (including phenoxy) is 1. The van der Waals surface area contributed by atoms with Gasteiger partial charge < -0.3 is 4.74 Å². The van der Waals surface area contributed by atoms with Crippen molar-refractivity contribution in [3.8, 4) is 5.75 Å². The van der Waals surface area contributed by atoms with Crippen molar-refractivity contribution in [3.63, 3.8) is 0 Å². The summed E-state index contributed by atoms with van der Waals surface area (Å²) < 4.78 is 6.51. The molecule has 6 heteroatoms. The third kappa shape index (κ3) is 3.07. The van der Waals surface area contributed by atoms with Crippen LogP contribution < -0.4 is 4.74 Å². The zero-order valence-corrected chi connectivity index (χ0v) is 13.0. The molecule has 3 rings (SSSR count). The number of fused-ring (bicyclic) bond motifs is 1. The van der Waals surface area contributed by atoms with Crippen LogP contribution in [0, 0.1) is 10.1 Å². The van der Waals surface area contributed by atoms with Crippen molar-refractivity contribution < 1.29 is 9.66 Å². The van der Waals surface area contributed by atoms with E-state index in [4.69, 9.17) is 4.74 Å². The Kier molecular flexibility index (Phi) is 4.02. The van der Waals surface area contributed by atoms with E-state index in [-0.39, 0.29) is 5.69 Å². The lowest BCUT2D eigenvalue weighted by molar-refractivity contribution is -0.384. The summed E-state index contributed by atoms with van der Waals surface area (Å²) >= 11 is 3.32. The van der Waals surface area contributed by atoms with Crippen LogP contribution in [0.3, 0.4) is 0 Å². The number of hydrogen-bond acceptors (Lipinski definition) is 4. The van der Waals surface area contributed by atoms with E-state index in [0.29, 0.717) is 23.3 Å². The number of halogens is 1. The van der Waals surface area contributed by atoms with Gasteiger partial charge in [-0.05, 0) is 27.6 Å². The fourth-order valence-corrected chi connectivity index (χ4v) is 2.47. The molecular weight excluding hydrogens is 348 g/mol. The first-order chi connectivity index (χ1) is 10.6. The number of hydrogen-bond donors (Lipinski definition) is 0. The second-order valence-electron chi connectivity index (χ2n) is 4.70. The molecule has 0 fully saturated rings. The number of nitrogens with zero attached hydrogens (tertiary/aromatic N) is 2. The number of nitro benzene ring substituents is 1. The van der Waals surface area contributed by atoms with Crippen LogP contribution in [0.4, 0.5) is 5.69 Å². The van der Waals surface area contributed by atoms with Gasteiger partial charge in [0.1, 0.15) is 12.1 Å². The average Bonchev–Trinajstić information content (AvgIpc) is 2.52. The molecule has 0 aliphatic rings. The molecule has 1 heterocycles. The molecule has 5 nitrogen and oxygen atoms in total. The van der Waals surface area contributed by atoms with Gasteiger partial charge in [0.05, 0.1) is 11.0 Å². The van der Waals surface area contributed by atoms with Gasteiger partial charge in [0.2, 0.25) is 0 Å². The molecular formula is C16H11BrN2O3. The SMILES string of the molecule is O=[N+]([O-])c1cc(OCc2ccccc2)c2ncc(Br)cc2c1. The lowest BCUT2D eigenvalue weighted by Gasteiger charge is -2.09. The van der Waals surface area contributed by atoms with Crippen LogP contribution in [-0.2, 0) is 6.61 Å². The molecule has 0 radical (unpaired) electrons. The van der Waals surface area contributed by atoms with Gasteiger partial charge in [0.25, 0.3) is 5.69 Å². The van der Waals surface area contributed by atoms with Crippen LogP contribution in [0.1, 0.15) is 5.56 Å². The Hall–Kier alpha value is -2.47. The predicted molar refractivity (Wildman–Crippen MR) is 86.9 cm³/mol. The summed E-state index contributed by atoms with van der Waals surface area (Å²) in [4.78, 5) is 14.9. The minimum Gasteiger partial charge on any atom is -0.486 e. The molecule has 22 heavy (non-hydrogen) atoms. The van der Waals surface area contributed by atoms with Crippen LogP contribution in [0.5, 0.6) is 5.75 Å². The number of non-ortho nitro benzene ring substituents is 1. The lowest BCUT2D eigenvalue weighted by Crippen LogP contribution is -1.98. The Morgan fingerprint density at radius 3 is 2.68 bits per heavy atom. The van der Waals surface area contributed by atoms with E-state index in [9.17, 15) is 10.1 Å². The highest BCUT2D eigenvalue weighted by atomic mass is 79.9. The quantitative estimate of drug-likeness (QED) is 0.509. The van der Waals surface area contributed by atoms with E-state index in [1.54, 1.807) is 12.3 Å². The van der Waals surface area contributed by atoms with E-state index in [1.807, 2.05) is 30.3 Å². The summed E-state index contributed by atoms with van der Waals surface area (Å²) in [6.07, 6.45) is 1.64. The highest BCUT2D eigenvalue weighted by Gasteiger charge is 2.14. The van der Waals surface area contributed by atoms with Gasteiger partial charge in [-0.2, -0.15) is 0 Å². The summed E-state index contributed by atoms with van der Waals surface area (Å²) in [5.41, 5.74) is 1.57. The molecule has 0 amide bonds. The zero-order chi connectivity index (χ0) is 15.5. The smallest absolute Gasteiger partial charge is 0.273 e. The third-order valence-corrected chi connectivity index (χ3v) is 3.58. The van der Waals surface area contributed by atoms with Crippen molar-refractivity contribution in [2.45, 2.75) is 6.61 Å². The van der Waals surface area contributed by atoms with Crippen LogP contribution in [0.2, 0.25) is 0 Å². The normalized spacial score (nSPS) is 10.6. The Morgan fingerprint density at radius 1 is 1.18 bits per heavy atom. The van der Waals surface area contributed by atoms with Gasteiger partial charge in [-0.15, -0.1) is 0 Å². The Labute approximate surface area is 134 Å². The van der Waals surface area contributed by atoms with Crippen molar-refractivity contribution >= 4 is 32.5 Å². The minimum atomic E-state index is -0.435. The van der Waals surface area contributed by atoms with E-state index in [2.05, 4.69) is 20.9 Å². The summed E-state index contributed by atoms with van der Waals surface area (Å²) in [5.74, 6) is 0.403. The van der Waals surface area contributed by atoms with Gasteiger partial charge in [-0.1, -0.05) is 30.3 Å². The first kappa shape index (κ1) is 14.5. The van der Waals surface area contributed by atoms with Gasteiger partial charge >= 0.3 is 0 Å². The number of rotatable bonds is 4. The highest BCUT2D eigenvalue weighted by Crippen LogP contribution is 2.31. The lowest BCUT2D eigenvalue weighted by atomic mass is 10.2. The van der Waals surface area contributed by atoms with Crippen LogP contribution >= 0.6 is 15.9 Å². The predicted octanol–water partition coefficient (Wildman–Crippen LogP) is 4.48. The summed E-state index contributed by atoms with van der Waals surface area (Å²) in [5, 5.41) is 11.7. The number of benzene rings is 2. The van der Waals surface area contributed by atoms with Gasteiger partial charge in [-0.3, -0.25) is 15.1 Å². The van der Waals surface area contributed by atoms with Gasteiger partial charge in [0, 0.05) is 22.1 Å². The Morgan fingerprint density at radius 2 is 1.95 bits per heavy atom. The Balaban J connectivity index is 2.01. The molecule has 0 aliphatic carbocycles. The van der Waals surface area contributed by atoms with E-state index >= 15 is 0 Å². The molecule has 2 aromatic carbocycles. The molecule has 0 N–H and O–H groups in total. The average molecular weight is 359 g/mol. The number of nitro groups is 1. The molecule has 0 unspecified atom stereocenters. The maximum atomic E-state index is 11.1. The first-order valence-electron chi connectivity index (χ1n) is 6.54. The molecule has 3 aromatic rings. The standard InChI is InChI=1S/C16H11BrN2O3/c17-13-6-12-7-14(19(20)21)8-15(16(12)18-9-13)22-10-11-4-2-1-3-5-11/h1-9H,10H2. The molecule has 0 bridgehead atoms. The zero-order valence-electron chi connectivity index (χ0n) is 11.4. The fourth-order valence-electron chi connectivity index (χ4n) is 2.13. The van der Waals surface area contributed by atoms with Gasteiger partial charge in [0.15, 0.2) is 5.75 Å². The molecule has 0 saturated heterocycles. The topological polar surface area (TPSA) is 65.3 Å². The largest absolute Gasteiger partial charge is 0.486 e. The van der Waals surface area contributed by atoms with Crippen molar-refractivity contribution in [2.24, 2.45) is 0 Å². The molecule has 0 aliphatic heterocycles. The second-order valence-corrected chi connectivity index (χ2v) is 5.62. The maximum Gasteiger partial charge on any atom is 0.273 e. The van der Waals surface area contributed by atoms with E-state index in [1.165, 1.54) is 12.1 Å². The molecule has 1 aromatic heterocycles. The first-order valence-corrected chi connectivity index (χ1v) is 7.33. The van der Waals surface area contributed by atoms with E-state index in [0.717, 1.165) is 10.0 Å². The minimum absolute atomic E-state index is 0.0181. The van der Waals surface area contributed by atoms with Crippen molar-refractivity contribution in [1.29, 1.82) is 0 Å². The maximum absolute atomic E-state index is 11.1. The molecule has 0 saturated carbocycles. The summed E-state index contributed by atoms with van der Waals surface area (Å²) in [6.45, 7) is 0.328. The third-order valence-electron chi connectivity index (χ3n) is 3.15. The van der Waals surface area contributed by atoms with Crippen molar-refractivity contribution in [1.82, 2.24) is 4.98 Å². The second kappa shape index (κ2) is 6.11. The molecule has 110 valence electrons. The molecule has 0 atom stereocenters. The van der Waals surface area contributed by atoms with Crippen molar-refractivity contribution in [3.05, 3.63) is 74.9 Å². The van der Waals surface area contributed by atoms with Crippen molar-refractivity contribution in [2.75, 3.05) is 0 Å². The summed E-state index contributed by atoms with van der Waals surface area (Å²) in [7, 11) is 0. The van der Waals surface area contributed by atoms with Gasteiger partial charge in [-0.25, -0.2) is 0 Å². The summed E-state index contributed by atoms with van der Waals surface area (Å²) in [6, 6.07) is 14.3. The number of pyridine rings is 1. The highest BCUT2D eigenvalue weighted by molar-refractivity contribution is 9.10. The monoisotopic (exact) mass is 358 g/mol. The van der Waals surface area contributed by atoms with Crippen LogP contribution in [-0.4, -0.2) is 9.91 Å². The van der Waals surface area contributed by atoms with Crippen LogP contribution in [0.15, 0.2) is 59.2 Å². The van der Waals surface area contributed by atoms with E-state index < -0.39 is 4.92 Å². The Bertz CT molecular complexity index is 837.